The lowest BCUT2D eigenvalue weighted by Gasteiger charge is -2.35. The molecule has 2 N–H and O–H groups in total. The Hall–Kier alpha value is -1.07. The molecule has 2 amide bonds. The molecule has 0 aliphatic heterocycles. The minimum absolute atomic E-state index is 0.0338. The van der Waals surface area contributed by atoms with Crippen molar-refractivity contribution in [3.8, 4) is 0 Å². The number of aliphatic hydroxyl groups excluding tert-OH is 1. The number of hydrogen-bond donors (Lipinski definition) is 2. The average molecular weight is 310 g/mol. The standard InChI is InChI=1S/C17H30N2O3/c1-2-11-19(12-13-20)17(21)18-15-9-5-6-10-16(15)22-14-7-3-4-8-14/h2,14-16,20H,1,3-13H2,(H,18,21). The second kappa shape index (κ2) is 9.16. The molecule has 0 radical (unpaired) electrons. The minimum Gasteiger partial charge on any atom is -0.395 e. The van der Waals surface area contributed by atoms with Crippen molar-refractivity contribution in [2.24, 2.45) is 0 Å². The number of nitrogens with one attached hydrogen (secondary N) is 1. The zero-order valence-electron chi connectivity index (χ0n) is 13.5. The van der Waals surface area contributed by atoms with Gasteiger partial charge in [0.25, 0.3) is 0 Å². The Morgan fingerprint density at radius 2 is 1.91 bits per heavy atom. The summed E-state index contributed by atoms with van der Waals surface area (Å²) in [5.74, 6) is 0. The van der Waals surface area contributed by atoms with E-state index in [1.165, 1.54) is 19.3 Å². The highest BCUT2D eigenvalue weighted by Crippen LogP contribution is 2.28. The predicted molar refractivity (Wildman–Crippen MR) is 86.8 cm³/mol. The van der Waals surface area contributed by atoms with Gasteiger partial charge in [0.15, 0.2) is 0 Å². The summed E-state index contributed by atoms with van der Waals surface area (Å²) in [5, 5.41) is 12.2. The van der Waals surface area contributed by atoms with E-state index in [9.17, 15) is 4.79 Å². The highest BCUT2D eigenvalue weighted by molar-refractivity contribution is 5.74. The Kier molecular flexibility index (Phi) is 7.19. The van der Waals surface area contributed by atoms with E-state index in [2.05, 4.69) is 11.9 Å². The van der Waals surface area contributed by atoms with Crippen LogP contribution in [0.4, 0.5) is 4.79 Å². The summed E-state index contributed by atoms with van der Waals surface area (Å²) >= 11 is 0. The van der Waals surface area contributed by atoms with Crippen LogP contribution in [0.2, 0.25) is 0 Å². The van der Waals surface area contributed by atoms with Gasteiger partial charge in [-0.25, -0.2) is 4.79 Å². The minimum atomic E-state index is -0.124. The molecule has 22 heavy (non-hydrogen) atoms. The van der Waals surface area contributed by atoms with E-state index in [4.69, 9.17) is 9.84 Å². The van der Waals surface area contributed by atoms with E-state index in [0.29, 0.717) is 19.2 Å². The summed E-state index contributed by atoms with van der Waals surface area (Å²) in [7, 11) is 0. The van der Waals surface area contributed by atoms with Crippen LogP contribution in [-0.2, 0) is 4.74 Å². The van der Waals surface area contributed by atoms with Crippen LogP contribution in [0.3, 0.4) is 0 Å². The van der Waals surface area contributed by atoms with Crippen LogP contribution in [0.5, 0.6) is 0 Å². The van der Waals surface area contributed by atoms with Crippen molar-refractivity contribution in [2.45, 2.75) is 69.6 Å². The highest BCUT2D eigenvalue weighted by Gasteiger charge is 2.31. The number of hydrogen-bond acceptors (Lipinski definition) is 3. The van der Waals surface area contributed by atoms with Gasteiger partial charge in [0, 0.05) is 13.1 Å². The Morgan fingerprint density at radius 1 is 1.23 bits per heavy atom. The van der Waals surface area contributed by atoms with Crippen molar-refractivity contribution in [3.05, 3.63) is 12.7 Å². The number of aliphatic hydroxyl groups is 1. The van der Waals surface area contributed by atoms with Crippen LogP contribution >= 0.6 is 0 Å². The van der Waals surface area contributed by atoms with Crippen LogP contribution in [0.15, 0.2) is 12.7 Å². The second-order valence-electron chi connectivity index (χ2n) is 6.38. The molecule has 0 aromatic carbocycles. The van der Waals surface area contributed by atoms with E-state index in [-0.39, 0.29) is 24.8 Å². The van der Waals surface area contributed by atoms with Gasteiger partial charge in [-0.3, -0.25) is 0 Å². The molecule has 0 spiro atoms. The highest BCUT2D eigenvalue weighted by atomic mass is 16.5. The van der Waals surface area contributed by atoms with E-state index in [0.717, 1.165) is 32.1 Å². The summed E-state index contributed by atoms with van der Waals surface area (Å²) in [4.78, 5) is 14.0. The predicted octanol–water partition coefficient (Wildman–Crippen LogP) is 2.45. The fraction of sp³-hybridized carbons (Fsp3) is 0.824. The molecule has 2 saturated carbocycles. The number of urea groups is 1. The molecular weight excluding hydrogens is 280 g/mol. The van der Waals surface area contributed by atoms with Crippen LogP contribution in [0.25, 0.3) is 0 Å². The largest absolute Gasteiger partial charge is 0.395 e. The molecule has 0 heterocycles. The molecular formula is C17H30N2O3. The van der Waals surface area contributed by atoms with Crippen molar-refractivity contribution in [1.82, 2.24) is 10.2 Å². The summed E-state index contributed by atoms with van der Waals surface area (Å²) < 4.78 is 6.26. The maximum Gasteiger partial charge on any atom is 0.318 e. The fourth-order valence-corrected chi connectivity index (χ4v) is 3.50. The van der Waals surface area contributed by atoms with Crippen molar-refractivity contribution in [3.63, 3.8) is 0 Å². The lowest BCUT2D eigenvalue weighted by molar-refractivity contribution is -0.0417. The number of carbonyl (C=O) groups is 1. The molecule has 0 saturated heterocycles. The SMILES string of the molecule is C=CCN(CCO)C(=O)NC1CCCCC1OC1CCCC1. The van der Waals surface area contributed by atoms with Crippen molar-refractivity contribution in [2.75, 3.05) is 19.7 Å². The van der Waals surface area contributed by atoms with E-state index in [1.54, 1.807) is 11.0 Å². The van der Waals surface area contributed by atoms with E-state index >= 15 is 0 Å². The van der Waals surface area contributed by atoms with Gasteiger partial charge in [-0.05, 0) is 25.7 Å². The molecule has 0 aromatic rings. The van der Waals surface area contributed by atoms with Crippen LogP contribution in [-0.4, -0.2) is 54.0 Å². The maximum atomic E-state index is 12.4. The second-order valence-corrected chi connectivity index (χ2v) is 6.38. The molecule has 2 rings (SSSR count). The molecule has 5 heteroatoms. The topological polar surface area (TPSA) is 61.8 Å². The fourth-order valence-electron chi connectivity index (χ4n) is 3.50. The molecule has 2 aliphatic rings. The lowest BCUT2D eigenvalue weighted by atomic mass is 9.92. The van der Waals surface area contributed by atoms with Gasteiger partial charge in [-0.1, -0.05) is 31.8 Å². The van der Waals surface area contributed by atoms with E-state index in [1.807, 2.05) is 0 Å². The van der Waals surface area contributed by atoms with Crippen molar-refractivity contribution in [1.29, 1.82) is 0 Å². The Labute approximate surface area is 133 Å². The first-order valence-electron chi connectivity index (χ1n) is 8.67. The first kappa shape index (κ1) is 17.3. The molecule has 2 aliphatic carbocycles. The van der Waals surface area contributed by atoms with E-state index < -0.39 is 0 Å². The molecule has 0 aromatic heterocycles. The first-order valence-corrected chi connectivity index (χ1v) is 8.67. The Bertz CT molecular complexity index is 356. The van der Waals surface area contributed by atoms with Gasteiger partial charge in [0.2, 0.25) is 0 Å². The zero-order chi connectivity index (χ0) is 15.8. The number of nitrogens with zero attached hydrogens (tertiary/aromatic N) is 1. The van der Waals surface area contributed by atoms with Gasteiger partial charge in [0.05, 0.1) is 24.9 Å². The normalized spacial score (nSPS) is 25.9. The molecule has 126 valence electrons. The maximum absolute atomic E-state index is 12.4. The van der Waals surface area contributed by atoms with Crippen LogP contribution in [0.1, 0.15) is 51.4 Å². The van der Waals surface area contributed by atoms with Gasteiger partial charge >= 0.3 is 6.03 Å². The molecule has 2 atom stereocenters. The number of amides is 2. The molecule has 5 nitrogen and oxygen atoms in total. The summed E-state index contributed by atoms with van der Waals surface area (Å²) in [6.07, 6.45) is 11.4. The Morgan fingerprint density at radius 3 is 2.59 bits per heavy atom. The first-order chi connectivity index (χ1) is 10.7. The van der Waals surface area contributed by atoms with Gasteiger partial charge in [0.1, 0.15) is 0 Å². The average Bonchev–Trinajstić information content (AvgIpc) is 3.02. The molecule has 2 unspecified atom stereocenters. The number of carbonyl (C=O) groups excluding carboxylic acids is 1. The smallest absolute Gasteiger partial charge is 0.318 e. The van der Waals surface area contributed by atoms with Crippen molar-refractivity contribution < 1.29 is 14.6 Å². The van der Waals surface area contributed by atoms with Gasteiger partial charge in [-0.15, -0.1) is 6.58 Å². The third-order valence-corrected chi connectivity index (χ3v) is 4.69. The third-order valence-electron chi connectivity index (χ3n) is 4.69. The van der Waals surface area contributed by atoms with Gasteiger partial charge in [-0.2, -0.15) is 0 Å². The summed E-state index contributed by atoms with van der Waals surface area (Å²) in [6.45, 7) is 4.42. The third kappa shape index (κ3) is 4.99. The van der Waals surface area contributed by atoms with Crippen LogP contribution in [0, 0.1) is 0 Å². The lowest BCUT2D eigenvalue weighted by Crippen LogP contribution is -2.52. The van der Waals surface area contributed by atoms with Crippen LogP contribution < -0.4 is 5.32 Å². The zero-order valence-corrected chi connectivity index (χ0v) is 13.5. The number of rotatable bonds is 7. The Balaban J connectivity index is 1.88. The monoisotopic (exact) mass is 310 g/mol. The summed E-state index contributed by atoms with van der Waals surface area (Å²) in [6, 6.07) is -0.0336. The summed E-state index contributed by atoms with van der Waals surface area (Å²) in [5.41, 5.74) is 0. The molecule has 0 bridgehead atoms. The molecule has 2 fully saturated rings. The quantitative estimate of drug-likeness (QED) is 0.710. The van der Waals surface area contributed by atoms with Crippen molar-refractivity contribution >= 4 is 6.03 Å². The number of ether oxygens (including phenoxy) is 1. The van der Waals surface area contributed by atoms with Gasteiger partial charge < -0.3 is 20.1 Å².